The summed E-state index contributed by atoms with van der Waals surface area (Å²) in [6.07, 6.45) is -3.33. The van der Waals surface area contributed by atoms with Crippen LogP contribution in [-0.2, 0) is 28.8 Å². The molecule has 0 saturated carbocycles. The fraction of sp³-hybridized carbons (Fsp3) is 0.556. The van der Waals surface area contributed by atoms with Gasteiger partial charge in [0.05, 0.1) is 38.1 Å². The lowest BCUT2D eigenvalue weighted by Gasteiger charge is -2.43. The third-order valence-corrected chi connectivity index (χ3v) is 4.82. The van der Waals surface area contributed by atoms with E-state index in [2.05, 4.69) is 32.2 Å². The first-order valence-electron chi connectivity index (χ1n) is 9.45. The van der Waals surface area contributed by atoms with Crippen molar-refractivity contribution in [2.24, 2.45) is 5.92 Å². The molecule has 0 spiro atoms. The second-order valence-electron chi connectivity index (χ2n) is 7.04. The number of alkyl halides is 3. The number of ether oxygens (including phenoxy) is 2. The van der Waals surface area contributed by atoms with E-state index in [0.29, 0.717) is 5.69 Å². The van der Waals surface area contributed by atoms with Crippen LogP contribution in [0.4, 0.5) is 19.1 Å². The minimum absolute atomic E-state index is 0.111. The van der Waals surface area contributed by atoms with E-state index >= 15 is 0 Å². The number of aromatic nitrogens is 5. The van der Waals surface area contributed by atoms with Crippen LogP contribution in [0.25, 0.3) is 0 Å². The number of hydrogen-bond acceptors (Lipinski definition) is 9. The minimum atomic E-state index is -4.62. The summed E-state index contributed by atoms with van der Waals surface area (Å²) in [6, 6.07) is 0.0137. The third kappa shape index (κ3) is 5.55. The Bertz CT molecular complexity index is 880. The molecule has 170 valence electrons. The van der Waals surface area contributed by atoms with Crippen molar-refractivity contribution in [1.82, 2.24) is 25.0 Å². The van der Waals surface area contributed by atoms with Gasteiger partial charge in [-0.2, -0.15) is 13.2 Å². The summed E-state index contributed by atoms with van der Waals surface area (Å²) >= 11 is 0. The molecule has 0 radical (unpaired) electrons. The van der Waals surface area contributed by atoms with Crippen LogP contribution < -0.4 is 5.32 Å². The highest BCUT2D eigenvalue weighted by atomic mass is 19.4. The van der Waals surface area contributed by atoms with Crippen molar-refractivity contribution in [2.75, 3.05) is 11.9 Å². The molecular formula is C18H23F3N6O4. The molecule has 10 nitrogen and oxygen atoms in total. The molecule has 5 atom stereocenters. The van der Waals surface area contributed by atoms with E-state index in [1.165, 1.54) is 17.0 Å². The largest absolute Gasteiger partial charge is 0.433 e. The van der Waals surface area contributed by atoms with Crippen molar-refractivity contribution < 1.29 is 32.9 Å². The fourth-order valence-electron chi connectivity index (χ4n) is 3.21. The standard InChI is InChI=1S/C18H23F3N6O4/c1-3-6-30-16-14(24-17-22-5-4-13(23-17)18(19,20)21)10(2)15(29)12(31-16)8-27-7-11(9-28)25-26-27/h3-5,7,10,12,14-16,28-29H,1,6,8-9H2,2H3,(H,22,23,24)/t10-,12-,14-,15-,16+/m1/s1. The van der Waals surface area contributed by atoms with Gasteiger partial charge in [-0.15, -0.1) is 11.7 Å². The van der Waals surface area contributed by atoms with Gasteiger partial charge < -0.3 is 25.0 Å². The van der Waals surface area contributed by atoms with Gasteiger partial charge in [0.25, 0.3) is 0 Å². The second kappa shape index (κ2) is 9.68. The van der Waals surface area contributed by atoms with E-state index in [1.807, 2.05) is 0 Å². The molecule has 0 aromatic carbocycles. The normalized spacial score (nSPS) is 26.6. The van der Waals surface area contributed by atoms with Gasteiger partial charge in [-0.25, -0.2) is 14.6 Å². The van der Waals surface area contributed by atoms with Crippen molar-refractivity contribution in [1.29, 1.82) is 0 Å². The maximum atomic E-state index is 13.0. The zero-order valence-electron chi connectivity index (χ0n) is 16.6. The Morgan fingerprint density at radius 3 is 2.84 bits per heavy atom. The molecule has 13 heteroatoms. The number of aliphatic hydroxyl groups is 2. The Kier molecular flexibility index (Phi) is 7.20. The molecule has 0 unspecified atom stereocenters. The highest BCUT2D eigenvalue weighted by molar-refractivity contribution is 5.29. The Morgan fingerprint density at radius 2 is 2.19 bits per heavy atom. The molecule has 31 heavy (non-hydrogen) atoms. The molecule has 0 amide bonds. The molecule has 3 N–H and O–H groups in total. The van der Waals surface area contributed by atoms with Gasteiger partial charge >= 0.3 is 6.18 Å². The van der Waals surface area contributed by atoms with Gasteiger partial charge in [0, 0.05) is 12.1 Å². The predicted octanol–water partition coefficient (Wildman–Crippen LogP) is 0.984. The minimum Gasteiger partial charge on any atom is -0.390 e. The quantitative estimate of drug-likeness (QED) is 0.511. The van der Waals surface area contributed by atoms with Crippen LogP contribution in [0.2, 0.25) is 0 Å². The van der Waals surface area contributed by atoms with Crippen LogP contribution >= 0.6 is 0 Å². The van der Waals surface area contributed by atoms with E-state index < -0.39 is 42.3 Å². The summed E-state index contributed by atoms with van der Waals surface area (Å²) in [5.74, 6) is -0.787. The van der Waals surface area contributed by atoms with Gasteiger partial charge in [-0.05, 0) is 6.07 Å². The first-order valence-corrected chi connectivity index (χ1v) is 9.45. The summed E-state index contributed by atoms with van der Waals surface area (Å²) in [7, 11) is 0. The lowest BCUT2D eigenvalue weighted by atomic mass is 9.88. The van der Waals surface area contributed by atoms with Crippen LogP contribution in [0.3, 0.4) is 0 Å². The Hall–Kier alpha value is -2.61. The summed E-state index contributed by atoms with van der Waals surface area (Å²) < 4.78 is 51.9. The van der Waals surface area contributed by atoms with Crippen molar-refractivity contribution in [3.05, 3.63) is 42.5 Å². The Labute approximate surface area is 175 Å². The zero-order valence-corrected chi connectivity index (χ0v) is 16.6. The van der Waals surface area contributed by atoms with E-state index in [0.717, 1.165) is 12.3 Å². The monoisotopic (exact) mass is 444 g/mol. The zero-order chi connectivity index (χ0) is 22.6. The van der Waals surface area contributed by atoms with E-state index in [-0.39, 0.29) is 25.7 Å². The highest BCUT2D eigenvalue weighted by Gasteiger charge is 2.44. The summed E-state index contributed by atoms with van der Waals surface area (Å²) in [6.45, 7) is 5.24. The summed E-state index contributed by atoms with van der Waals surface area (Å²) in [5.41, 5.74) is -0.735. The average molecular weight is 444 g/mol. The van der Waals surface area contributed by atoms with Crippen LogP contribution in [0.15, 0.2) is 31.1 Å². The lowest BCUT2D eigenvalue weighted by molar-refractivity contribution is -0.242. The average Bonchev–Trinajstić information content (AvgIpc) is 3.19. The van der Waals surface area contributed by atoms with Crippen LogP contribution in [-0.4, -0.2) is 66.3 Å². The number of hydrogen-bond donors (Lipinski definition) is 3. The predicted molar refractivity (Wildman–Crippen MR) is 100 cm³/mol. The Morgan fingerprint density at radius 1 is 1.42 bits per heavy atom. The molecule has 1 aliphatic rings. The Balaban J connectivity index is 1.79. The van der Waals surface area contributed by atoms with Crippen molar-refractivity contribution in [3.63, 3.8) is 0 Å². The van der Waals surface area contributed by atoms with Gasteiger partial charge in [0.1, 0.15) is 17.5 Å². The van der Waals surface area contributed by atoms with Crippen LogP contribution in [0, 0.1) is 5.92 Å². The van der Waals surface area contributed by atoms with Crippen molar-refractivity contribution >= 4 is 5.95 Å². The molecule has 2 aromatic heterocycles. The molecule has 2 aromatic rings. The molecule has 1 fully saturated rings. The second-order valence-corrected chi connectivity index (χ2v) is 7.04. The molecule has 1 saturated heterocycles. The maximum absolute atomic E-state index is 13.0. The molecule has 1 aliphatic heterocycles. The molecule has 3 heterocycles. The smallest absolute Gasteiger partial charge is 0.390 e. The number of nitrogens with zero attached hydrogens (tertiary/aromatic N) is 5. The lowest BCUT2D eigenvalue weighted by Crippen LogP contribution is -2.58. The highest BCUT2D eigenvalue weighted by Crippen LogP contribution is 2.31. The van der Waals surface area contributed by atoms with E-state index in [9.17, 15) is 18.3 Å². The van der Waals surface area contributed by atoms with Crippen LogP contribution in [0.1, 0.15) is 18.3 Å². The molecule has 0 aliphatic carbocycles. The number of rotatable bonds is 8. The van der Waals surface area contributed by atoms with Crippen molar-refractivity contribution in [3.8, 4) is 0 Å². The van der Waals surface area contributed by atoms with Gasteiger partial charge in [-0.1, -0.05) is 18.2 Å². The molecule has 3 rings (SSSR count). The summed E-state index contributed by atoms with van der Waals surface area (Å²) in [4.78, 5) is 7.34. The van der Waals surface area contributed by atoms with Crippen LogP contribution in [0.5, 0.6) is 0 Å². The molecule has 0 bridgehead atoms. The SMILES string of the molecule is C=CCO[C@H]1O[C@H](Cn2cc(CO)nn2)[C@H](O)[C@H](C)[C@H]1Nc1nccc(C(F)(F)F)n1. The number of aliphatic hydroxyl groups excluding tert-OH is 2. The van der Waals surface area contributed by atoms with Gasteiger partial charge in [-0.3, -0.25) is 0 Å². The summed E-state index contributed by atoms with van der Waals surface area (Å²) in [5, 5.41) is 30.3. The number of anilines is 1. The number of halogens is 3. The van der Waals surface area contributed by atoms with Gasteiger partial charge in [0.15, 0.2) is 6.29 Å². The van der Waals surface area contributed by atoms with E-state index in [1.54, 1.807) is 6.92 Å². The maximum Gasteiger partial charge on any atom is 0.433 e. The van der Waals surface area contributed by atoms with E-state index in [4.69, 9.17) is 14.6 Å². The number of nitrogens with one attached hydrogen (secondary N) is 1. The molecular weight excluding hydrogens is 421 g/mol. The van der Waals surface area contributed by atoms with Crippen molar-refractivity contribution in [2.45, 2.75) is 50.8 Å². The first kappa shape index (κ1) is 23.1. The first-order chi connectivity index (χ1) is 14.7. The topological polar surface area (TPSA) is 127 Å². The third-order valence-electron chi connectivity index (χ3n) is 4.82. The van der Waals surface area contributed by atoms with Gasteiger partial charge in [0.2, 0.25) is 5.95 Å². The fourth-order valence-corrected chi connectivity index (χ4v) is 3.21.